The predicted octanol–water partition coefficient (Wildman–Crippen LogP) is 3.35. The molecule has 1 saturated carbocycles. The van der Waals surface area contributed by atoms with Crippen LogP contribution in [0.4, 0.5) is 25.1 Å². The highest BCUT2D eigenvalue weighted by molar-refractivity contribution is 5.54. The van der Waals surface area contributed by atoms with Gasteiger partial charge in [-0.25, -0.2) is 4.98 Å². The minimum absolute atomic E-state index is 0.0539. The minimum Gasteiger partial charge on any atom is -0.357 e. The zero-order valence-corrected chi connectivity index (χ0v) is 13.1. The third kappa shape index (κ3) is 3.72. The summed E-state index contributed by atoms with van der Waals surface area (Å²) in [7, 11) is 1.64. The van der Waals surface area contributed by atoms with Crippen molar-refractivity contribution in [1.29, 1.82) is 0 Å². The molecule has 2 N–H and O–H groups in total. The zero-order chi connectivity index (χ0) is 17.2. The molecule has 0 bridgehead atoms. The Morgan fingerprint density at radius 3 is 2.38 bits per heavy atom. The fourth-order valence-electron chi connectivity index (χ4n) is 2.64. The Morgan fingerprint density at radius 1 is 1.00 bits per heavy atom. The van der Waals surface area contributed by atoms with E-state index in [1.807, 2.05) is 0 Å². The predicted molar refractivity (Wildman–Crippen MR) is 83.5 cm³/mol. The lowest BCUT2D eigenvalue weighted by Gasteiger charge is -2.13. The van der Waals surface area contributed by atoms with Gasteiger partial charge in [-0.2, -0.15) is 28.1 Å². The zero-order valence-electron chi connectivity index (χ0n) is 13.1. The van der Waals surface area contributed by atoms with Crippen molar-refractivity contribution in [3.8, 4) is 11.5 Å². The van der Waals surface area contributed by atoms with Crippen LogP contribution in [-0.2, 0) is 6.18 Å². The summed E-state index contributed by atoms with van der Waals surface area (Å²) in [5, 5.41) is 6.01. The molecule has 0 saturated heterocycles. The molecule has 1 fully saturated rings. The quantitative estimate of drug-likeness (QED) is 0.890. The number of hydrogen-bond acceptors (Lipinski definition) is 6. The molecule has 0 aliphatic heterocycles. The second-order valence-corrected chi connectivity index (χ2v) is 5.59. The molecular formula is C15H17F3N6. The van der Waals surface area contributed by atoms with Crippen LogP contribution in [0.5, 0.6) is 0 Å². The van der Waals surface area contributed by atoms with E-state index in [4.69, 9.17) is 0 Å². The van der Waals surface area contributed by atoms with Crippen LogP contribution in [0.2, 0.25) is 0 Å². The number of rotatable bonds is 4. The topological polar surface area (TPSA) is 75.6 Å². The summed E-state index contributed by atoms with van der Waals surface area (Å²) in [5.74, 6) is 0.719. The largest absolute Gasteiger partial charge is 0.433 e. The van der Waals surface area contributed by atoms with Gasteiger partial charge in [-0.1, -0.05) is 18.9 Å². The number of nitrogens with zero attached hydrogens (tertiary/aromatic N) is 4. The van der Waals surface area contributed by atoms with Crippen LogP contribution in [0.1, 0.15) is 31.4 Å². The molecule has 128 valence electrons. The van der Waals surface area contributed by atoms with E-state index in [0.717, 1.165) is 31.7 Å². The Kier molecular flexibility index (Phi) is 4.50. The van der Waals surface area contributed by atoms with E-state index < -0.39 is 11.9 Å². The van der Waals surface area contributed by atoms with Gasteiger partial charge in [-0.05, 0) is 25.0 Å². The first-order valence-electron chi connectivity index (χ1n) is 7.70. The van der Waals surface area contributed by atoms with Crippen molar-refractivity contribution in [2.45, 2.75) is 37.9 Å². The van der Waals surface area contributed by atoms with Crippen LogP contribution in [0, 0.1) is 0 Å². The van der Waals surface area contributed by atoms with Crippen molar-refractivity contribution in [1.82, 2.24) is 19.9 Å². The first-order chi connectivity index (χ1) is 11.5. The average molecular weight is 338 g/mol. The molecule has 0 atom stereocenters. The molecule has 2 aromatic heterocycles. The van der Waals surface area contributed by atoms with Gasteiger partial charge >= 0.3 is 6.18 Å². The molecule has 1 aliphatic rings. The van der Waals surface area contributed by atoms with E-state index in [2.05, 4.69) is 30.6 Å². The lowest BCUT2D eigenvalue weighted by molar-refractivity contribution is -0.141. The monoisotopic (exact) mass is 338 g/mol. The Bertz CT molecular complexity index is 713. The van der Waals surface area contributed by atoms with Crippen LogP contribution in [0.25, 0.3) is 11.5 Å². The van der Waals surface area contributed by atoms with Gasteiger partial charge < -0.3 is 10.6 Å². The van der Waals surface area contributed by atoms with Gasteiger partial charge in [-0.3, -0.25) is 0 Å². The number of anilines is 2. The number of hydrogen-bond donors (Lipinski definition) is 2. The molecule has 6 nitrogen and oxygen atoms in total. The molecule has 0 unspecified atom stereocenters. The lowest BCUT2D eigenvalue weighted by Crippen LogP contribution is -2.18. The highest BCUT2D eigenvalue weighted by atomic mass is 19.4. The Morgan fingerprint density at radius 2 is 1.71 bits per heavy atom. The van der Waals surface area contributed by atoms with E-state index in [1.165, 1.54) is 12.1 Å². The van der Waals surface area contributed by atoms with Crippen molar-refractivity contribution < 1.29 is 13.2 Å². The molecule has 0 spiro atoms. The maximum absolute atomic E-state index is 12.8. The Hall–Kier alpha value is -2.45. The van der Waals surface area contributed by atoms with Crippen molar-refractivity contribution in [2.75, 3.05) is 17.7 Å². The fourth-order valence-corrected chi connectivity index (χ4v) is 2.64. The van der Waals surface area contributed by atoms with E-state index in [0.29, 0.717) is 5.95 Å². The van der Waals surface area contributed by atoms with Gasteiger partial charge in [0.15, 0.2) is 5.82 Å². The van der Waals surface area contributed by atoms with Crippen molar-refractivity contribution in [3.63, 3.8) is 0 Å². The normalized spacial score (nSPS) is 15.5. The summed E-state index contributed by atoms with van der Waals surface area (Å²) in [6.07, 6.45) is -0.178. The molecule has 3 rings (SSSR count). The van der Waals surface area contributed by atoms with Gasteiger partial charge in [0.25, 0.3) is 0 Å². The van der Waals surface area contributed by atoms with Crippen molar-refractivity contribution in [2.24, 2.45) is 0 Å². The standard InChI is InChI=1S/C15H17F3N6/c1-19-13-22-12(10-7-4-8-11(21-10)15(16,17)18)23-14(24-13)20-9-5-2-3-6-9/h4,7-9H,2-3,5-6H2,1H3,(H2,19,20,22,23,24). The second-order valence-electron chi connectivity index (χ2n) is 5.59. The summed E-state index contributed by atoms with van der Waals surface area (Å²) >= 11 is 0. The molecule has 2 aromatic rings. The lowest BCUT2D eigenvalue weighted by atomic mass is 10.2. The molecule has 0 aromatic carbocycles. The van der Waals surface area contributed by atoms with E-state index >= 15 is 0 Å². The fraction of sp³-hybridized carbons (Fsp3) is 0.467. The molecule has 0 amide bonds. The first kappa shape index (κ1) is 16.4. The van der Waals surface area contributed by atoms with Gasteiger partial charge in [-0.15, -0.1) is 0 Å². The van der Waals surface area contributed by atoms with Crippen LogP contribution < -0.4 is 10.6 Å². The summed E-state index contributed by atoms with van der Waals surface area (Å²) in [4.78, 5) is 16.2. The van der Waals surface area contributed by atoms with Crippen LogP contribution in [0.3, 0.4) is 0 Å². The first-order valence-corrected chi connectivity index (χ1v) is 7.70. The van der Waals surface area contributed by atoms with Crippen LogP contribution >= 0.6 is 0 Å². The van der Waals surface area contributed by atoms with Crippen LogP contribution in [-0.4, -0.2) is 33.0 Å². The second kappa shape index (κ2) is 6.58. The summed E-state index contributed by atoms with van der Waals surface area (Å²) < 4.78 is 38.5. The molecule has 2 heterocycles. The van der Waals surface area contributed by atoms with Gasteiger partial charge in [0.05, 0.1) is 0 Å². The third-order valence-electron chi connectivity index (χ3n) is 3.82. The average Bonchev–Trinajstić information content (AvgIpc) is 3.07. The minimum atomic E-state index is -4.51. The number of pyridine rings is 1. The van der Waals surface area contributed by atoms with Gasteiger partial charge in [0, 0.05) is 13.1 Å². The molecule has 1 aliphatic carbocycles. The summed E-state index contributed by atoms with van der Waals surface area (Å²) in [6.45, 7) is 0. The van der Waals surface area contributed by atoms with Gasteiger partial charge in [0.2, 0.25) is 11.9 Å². The molecule has 9 heteroatoms. The van der Waals surface area contributed by atoms with E-state index in [9.17, 15) is 13.2 Å². The molecular weight excluding hydrogens is 321 g/mol. The molecule has 24 heavy (non-hydrogen) atoms. The van der Waals surface area contributed by atoms with E-state index in [-0.39, 0.29) is 23.5 Å². The van der Waals surface area contributed by atoms with Crippen LogP contribution in [0.15, 0.2) is 18.2 Å². The van der Waals surface area contributed by atoms with Crippen molar-refractivity contribution in [3.05, 3.63) is 23.9 Å². The number of aromatic nitrogens is 4. The Balaban J connectivity index is 1.94. The summed E-state index contributed by atoms with van der Waals surface area (Å²) in [5.41, 5.74) is -0.921. The molecule has 0 radical (unpaired) electrons. The number of nitrogens with one attached hydrogen (secondary N) is 2. The van der Waals surface area contributed by atoms with E-state index in [1.54, 1.807) is 7.05 Å². The third-order valence-corrected chi connectivity index (χ3v) is 3.82. The smallest absolute Gasteiger partial charge is 0.357 e. The Labute approximate surface area is 137 Å². The summed E-state index contributed by atoms with van der Waals surface area (Å²) in [6, 6.07) is 3.93. The maximum Gasteiger partial charge on any atom is 0.433 e. The number of alkyl halides is 3. The maximum atomic E-state index is 12.8. The highest BCUT2D eigenvalue weighted by Crippen LogP contribution is 2.29. The van der Waals surface area contributed by atoms with Gasteiger partial charge in [0.1, 0.15) is 11.4 Å². The SMILES string of the molecule is CNc1nc(NC2CCCC2)nc(-c2cccc(C(F)(F)F)n2)n1. The van der Waals surface area contributed by atoms with Crippen molar-refractivity contribution >= 4 is 11.9 Å². The number of halogens is 3. The highest BCUT2D eigenvalue weighted by Gasteiger charge is 2.32.